The smallest absolute Gasteiger partial charge is 0.287 e. The zero-order valence-corrected chi connectivity index (χ0v) is 7.10. The molecule has 0 aromatic carbocycles. The number of anilines is 1. The largest absolute Gasteiger partial charge is 0.355 e. The van der Waals surface area contributed by atoms with Crippen LogP contribution in [0.2, 0.25) is 0 Å². The van der Waals surface area contributed by atoms with E-state index in [1.165, 1.54) is 18.3 Å². The van der Waals surface area contributed by atoms with Crippen LogP contribution in [-0.4, -0.2) is 16.1 Å². The Morgan fingerprint density at radius 3 is 2.77 bits per heavy atom. The quantitative estimate of drug-likeness (QED) is 0.407. The van der Waals surface area contributed by atoms with E-state index in [2.05, 4.69) is 10.3 Å². The minimum Gasteiger partial charge on any atom is -0.355 e. The highest BCUT2D eigenvalue weighted by atomic mass is 16.6. The maximum atomic E-state index is 10.3. The molecule has 0 saturated carbocycles. The van der Waals surface area contributed by atoms with Crippen LogP contribution in [0.25, 0.3) is 0 Å². The Morgan fingerprint density at radius 1 is 1.69 bits per heavy atom. The van der Waals surface area contributed by atoms with Crippen molar-refractivity contribution in [2.75, 3.05) is 5.32 Å². The Kier molecular flexibility index (Phi) is 2.76. The van der Waals surface area contributed by atoms with Crippen molar-refractivity contribution in [3.8, 4) is 0 Å². The highest BCUT2D eigenvalue weighted by Gasteiger charge is 2.04. The van der Waals surface area contributed by atoms with Gasteiger partial charge in [-0.2, -0.15) is 0 Å². The van der Waals surface area contributed by atoms with E-state index < -0.39 is 4.92 Å². The Labute approximate surface area is 74.9 Å². The minimum atomic E-state index is -0.497. The molecule has 0 saturated heterocycles. The number of aromatic nitrogens is 1. The third-order valence-electron chi connectivity index (χ3n) is 1.33. The van der Waals surface area contributed by atoms with Gasteiger partial charge in [-0.25, -0.2) is 4.98 Å². The molecule has 1 aromatic rings. The van der Waals surface area contributed by atoms with Gasteiger partial charge in [-0.05, 0) is 13.0 Å². The van der Waals surface area contributed by atoms with E-state index in [1.54, 1.807) is 6.92 Å². The first-order valence-corrected chi connectivity index (χ1v) is 3.72. The minimum absolute atomic E-state index is 0.0322. The second-order valence-electron chi connectivity index (χ2n) is 2.59. The summed E-state index contributed by atoms with van der Waals surface area (Å²) in [7, 11) is 0. The second-order valence-corrected chi connectivity index (χ2v) is 2.59. The molecule has 1 rings (SSSR count). The van der Waals surface area contributed by atoms with Crippen molar-refractivity contribution < 1.29 is 4.92 Å². The van der Waals surface area contributed by atoms with Gasteiger partial charge < -0.3 is 11.1 Å². The molecule has 1 unspecified atom stereocenters. The molecule has 0 amide bonds. The van der Waals surface area contributed by atoms with Gasteiger partial charge in [-0.1, -0.05) is 0 Å². The van der Waals surface area contributed by atoms with Crippen LogP contribution < -0.4 is 11.1 Å². The number of nitrogens with one attached hydrogen (secondary N) is 1. The summed E-state index contributed by atoms with van der Waals surface area (Å²) in [6.45, 7) is 1.75. The fourth-order valence-corrected chi connectivity index (χ4v) is 0.813. The summed E-state index contributed by atoms with van der Waals surface area (Å²) in [5, 5.41) is 13.1. The van der Waals surface area contributed by atoms with Crippen molar-refractivity contribution in [1.82, 2.24) is 4.98 Å². The molecule has 70 valence electrons. The molecule has 3 N–H and O–H groups in total. The zero-order chi connectivity index (χ0) is 9.84. The fourth-order valence-electron chi connectivity index (χ4n) is 0.813. The first-order valence-electron chi connectivity index (χ1n) is 3.72. The number of nitro groups is 1. The molecule has 0 aliphatic carbocycles. The lowest BCUT2D eigenvalue weighted by molar-refractivity contribution is -0.385. The van der Waals surface area contributed by atoms with Gasteiger partial charge in [0, 0.05) is 6.07 Å². The molecule has 1 atom stereocenters. The third kappa shape index (κ3) is 2.68. The topological polar surface area (TPSA) is 94.1 Å². The monoisotopic (exact) mass is 182 g/mol. The molecular formula is C7H10N4O2. The summed E-state index contributed by atoms with van der Waals surface area (Å²) in [4.78, 5) is 13.6. The molecule has 0 fully saturated rings. The average molecular weight is 182 g/mol. The molecule has 13 heavy (non-hydrogen) atoms. The van der Waals surface area contributed by atoms with Gasteiger partial charge in [0.15, 0.2) is 0 Å². The number of pyridine rings is 1. The van der Waals surface area contributed by atoms with Gasteiger partial charge in [0.1, 0.15) is 12.0 Å². The zero-order valence-electron chi connectivity index (χ0n) is 7.10. The molecule has 1 aromatic heterocycles. The second kappa shape index (κ2) is 3.81. The fraction of sp³-hybridized carbons (Fsp3) is 0.286. The summed E-state index contributed by atoms with van der Waals surface area (Å²) < 4.78 is 0. The Bertz CT molecular complexity index is 296. The van der Waals surface area contributed by atoms with Gasteiger partial charge in [-0.3, -0.25) is 10.1 Å². The molecule has 6 nitrogen and oxygen atoms in total. The molecule has 0 radical (unpaired) electrons. The number of nitrogens with two attached hydrogens (primary N) is 1. The van der Waals surface area contributed by atoms with E-state index in [9.17, 15) is 10.1 Å². The summed E-state index contributed by atoms with van der Waals surface area (Å²) >= 11 is 0. The summed E-state index contributed by atoms with van der Waals surface area (Å²) in [5.41, 5.74) is 5.41. The lowest BCUT2D eigenvalue weighted by atomic mass is 10.4. The molecule has 0 bridgehead atoms. The van der Waals surface area contributed by atoms with Gasteiger partial charge in [0.2, 0.25) is 0 Å². The predicted octanol–water partition coefficient (Wildman–Crippen LogP) is 0.706. The van der Waals surface area contributed by atoms with Gasteiger partial charge >= 0.3 is 0 Å². The number of rotatable bonds is 3. The van der Waals surface area contributed by atoms with Crippen molar-refractivity contribution in [2.45, 2.75) is 13.1 Å². The number of nitrogens with zero attached hydrogens (tertiary/aromatic N) is 2. The van der Waals surface area contributed by atoms with E-state index in [4.69, 9.17) is 5.73 Å². The standard InChI is InChI=1S/C7H10N4O2/c1-5(8)10-7-3-2-6(4-9-7)11(12)13/h2-5H,8H2,1H3,(H,9,10). The van der Waals surface area contributed by atoms with E-state index in [0.717, 1.165) is 0 Å². The number of hydrogen-bond acceptors (Lipinski definition) is 5. The van der Waals surface area contributed by atoms with Crippen LogP contribution in [0, 0.1) is 10.1 Å². The Morgan fingerprint density at radius 2 is 2.38 bits per heavy atom. The lowest BCUT2D eigenvalue weighted by Gasteiger charge is -2.07. The van der Waals surface area contributed by atoms with Crippen molar-refractivity contribution in [3.05, 3.63) is 28.4 Å². The van der Waals surface area contributed by atoms with Crippen molar-refractivity contribution in [3.63, 3.8) is 0 Å². The van der Waals surface area contributed by atoms with Gasteiger partial charge in [-0.15, -0.1) is 0 Å². The highest BCUT2D eigenvalue weighted by Crippen LogP contribution is 2.11. The third-order valence-corrected chi connectivity index (χ3v) is 1.33. The van der Waals surface area contributed by atoms with Crippen LogP contribution in [-0.2, 0) is 0 Å². The first-order chi connectivity index (χ1) is 6.09. The summed E-state index contributed by atoms with van der Waals surface area (Å²) in [6, 6.07) is 2.89. The van der Waals surface area contributed by atoms with E-state index in [1.807, 2.05) is 0 Å². The molecule has 6 heteroatoms. The van der Waals surface area contributed by atoms with E-state index in [-0.39, 0.29) is 11.9 Å². The average Bonchev–Trinajstić information content (AvgIpc) is 2.04. The lowest BCUT2D eigenvalue weighted by Crippen LogP contribution is -2.25. The maximum Gasteiger partial charge on any atom is 0.287 e. The van der Waals surface area contributed by atoms with Crippen LogP contribution in [0.4, 0.5) is 11.5 Å². The van der Waals surface area contributed by atoms with Crippen LogP contribution in [0.3, 0.4) is 0 Å². The maximum absolute atomic E-state index is 10.3. The summed E-state index contributed by atoms with van der Waals surface area (Å²) in [5.74, 6) is 0.528. The molecule has 0 spiro atoms. The van der Waals surface area contributed by atoms with E-state index in [0.29, 0.717) is 5.82 Å². The van der Waals surface area contributed by atoms with Crippen LogP contribution in [0.5, 0.6) is 0 Å². The van der Waals surface area contributed by atoms with Crippen molar-refractivity contribution in [1.29, 1.82) is 0 Å². The van der Waals surface area contributed by atoms with Crippen molar-refractivity contribution >= 4 is 11.5 Å². The summed E-state index contributed by atoms with van der Waals surface area (Å²) in [6.07, 6.45) is 0.957. The SMILES string of the molecule is CC(N)Nc1ccc([N+](=O)[O-])cn1. The highest BCUT2D eigenvalue weighted by molar-refractivity contribution is 5.40. The Balaban J connectivity index is 2.75. The molecule has 1 heterocycles. The first kappa shape index (κ1) is 9.40. The van der Waals surface area contributed by atoms with Crippen LogP contribution >= 0.6 is 0 Å². The van der Waals surface area contributed by atoms with Crippen molar-refractivity contribution in [2.24, 2.45) is 5.73 Å². The van der Waals surface area contributed by atoms with E-state index >= 15 is 0 Å². The van der Waals surface area contributed by atoms with Crippen LogP contribution in [0.1, 0.15) is 6.92 Å². The molecule has 0 aliphatic rings. The molecular weight excluding hydrogens is 172 g/mol. The predicted molar refractivity (Wildman–Crippen MR) is 48.2 cm³/mol. The van der Waals surface area contributed by atoms with Gasteiger partial charge in [0.25, 0.3) is 5.69 Å². The van der Waals surface area contributed by atoms with Gasteiger partial charge in [0.05, 0.1) is 11.1 Å². The normalized spacial score (nSPS) is 12.2. The Hall–Kier alpha value is -1.69. The van der Waals surface area contributed by atoms with Crippen LogP contribution in [0.15, 0.2) is 18.3 Å². The molecule has 0 aliphatic heterocycles. The number of hydrogen-bond donors (Lipinski definition) is 2.